The van der Waals surface area contributed by atoms with Gasteiger partial charge in [0.2, 0.25) is 0 Å². The molecule has 1 saturated heterocycles. The number of phosphoric acid groups is 1. The Morgan fingerprint density at radius 3 is 2.78 bits per heavy atom. The first kappa shape index (κ1) is 23.7. The molecule has 2 aromatic rings. The molecule has 14 heteroatoms. The summed E-state index contributed by atoms with van der Waals surface area (Å²) in [6.07, 6.45) is -0.347. The summed E-state index contributed by atoms with van der Waals surface area (Å²) in [5.74, 6) is 0.583. The average Bonchev–Trinajstić information content (AvgIpc) is 3.16. The average molecular weight is 467 g/mol. The molecule has 3 rings (SSSR count). The number of hydrogen-bond donors (Lipinski definition) is 2. The second-order valence-electron chi connectivity index (χ2n) is 6.87. The Balaban J connectivity index is 1.56. The number of hydrogen-bond acceptors (Lipinski definition) is 8. The molecule has 1 aliphatic heterocycles. The molecule has 4 atom stereocenters. The van der Waals surface area contributed by atoms with E-state index in [1.165, 1.54) is 13.1 Å². The Morgan fingerprint density at radius 2 is 2.06 bits per heavy atom. The SMILES string of the molecule is Cc1cn([C@H]2C[C@H](N=[N+]=[N-])[C@@H](COP(=O)(O)OCCOc3ccccc3)O2)c(=O)[nH]c1=O. The van der Waals surface area contributed by atoms with Crippen LogP contribution in [-0.2, 0) is 18.3 Å². The van der Waals surface area contributed by atoms with Gasteiger partial charge < -0.3 is 14.4 Å². The molecule has 172 valence electrons. The van der Waals surface area contributed by atoms with Gasteiger partial charge in [0.05, 0.1) is 25.4 Å². The van der Waals surface area contributed by atoms with Gasteiger partial charge in [0, 0.05) is 23.1 Å². The number of H-pyrrole nitrogens is 1. The fraction of sp³-hybridized carbons (Fsp3) is 0.444. The van der Waals surface area contributed by atoms with Crippen molar-refractivity contribution in [3.8, 4) is 5.75 Å². The van der Waals surface area contributed by atoms with E-state index in [4.69, 9.17) is 24.1 Å². The van der Waals surface area contributed by atoms with E-state index in [-0.39, 0.29) is 19.6 Å². The highest BCUT2D eigenvalue weighted by atomic mass is 31.2. The lowest BCUT2D eigenvalue weighted by molar-refractivity contribution is -0.0287. The van der Waals surface area contributed by atoms with Crippen LogP contribution in [0.2, 0.25) is 0 Å². The summed E-state index contributed by atoms with van der Waals surface area (Å²) >= 11 is 0. The normalized spacial score (nSPS) is 22.1. The molecule has 13 nitrogen and oxygen atoms in total. The highest BCUT2D eigenvalue weighted by Crippen LogP contribution is 2.44. The third-order valence-electron chi connectivity index (χ3n) is 4.61. The van der Waals surface area contributed by atoms with E-state index in [1.807, 2.05) is 6.07 Å². The first-order chi connectivity index (χ1) is 15.3. The molecule has 0 radical (unpaired) electrons. The monoisotopic (exact) mass is 467 g/mol. The van der Waals surface area contributed by atoms with Crippen molar-refractivity contribution in [2.75, 3.05) is 19.8 Å². The number of para-hydroxylation sites is 1. The molecule has 1 aromatic heterocycles. The molecule has 1 unspecified atom stereocenters. The van der Waals surface area contributed by atoms with Crippen LogP contribution in [0.5, 0.6) is 5.75 Å². The zero-order valence-electron chi connectivity index (χ0n) is 17.1. The number of phosphoric ester groups is 1. The van der Waals surface area contributed by atoms with Crippen LogP contribution in [0.1, 0.15) is 18.2 Å². The largest absolute Gasteiger partial charge is 0.491 e. The van der Waals surface area contributed by atoms with E-state index >= 15 is 0 Å². The van der Waals surface area contributed by atoms with Gasteiger partial charge in [-0.25, -0.2) is 9.36 Å². The van der Waals surface area contributed by atoms with Crippen LogP contribution in [0.4, 0.5) is 0 Å². The summed E-state index contributed by atoms with van der Waals surface area (Å²) in [4.78, 5) is 38.5. The number of benzene rings is 1. The predicted octanol–water partition coefficient (Wildman–Crippen LogP) is 2.02. The molecule has 2 N–H and O–H groups in total. The molecule has 0 saturated carbocycles. The minimum atomic E-state index is -4.44. The van der Waals surface area contributed by atoms with Crippen LogP contribution >= 0.6 is 7.82 Å². The maximum absolute atomic E-state index is 12.1. The number of aryl methyl sites for hydroxylation is 1. The highest BCUT2D eigenvalue weighted by Gasteiger charge is 2.38. The lowest BCUT2D eigenvalue weighted by Gasteiger charge is -2.18. The van der Waals surface area contributed by atoms with Crippen molar-refractivity contribution < 1.29 is 28.0 Å². The zero-order chi connectivity index (χ0) is 23.1. The molecule has 2 heterocycles. The summed E-state index contributed by atoms with van der Waals surface area (Å²) < 4.78 is 34.2. The van der Waals surface area contributed by atoms with Crippen molar-refractivity contribution in [2.45, 2.75) is 31.7 Å². The zero-order valence-corrected chi connectivity index (χ0v) is 18.0. The topological polar surface area (TPSA) is 178 Å². The standard InChI is InChI=1S/C18H22N5O8P/c1-12-10-23(18(25)20-17(12)24)16-9-14(21-22-19)15(31-16)11-30-32(26,27)29-8-7-28-13-5-3-2-4-6-13/h2-6,10,14-16H,7-9,11H2,1H3,(H,26,27)(H,20,24,25)/t14-,15+,16+/m0/s1. The first-order valence-corrected chi connectivity index (χ1v) is 11.1. The molecule has 32 heavy (non-hydrogen) atoms. The number of ether oxygens (including phenoxy) is 2. The number of nitrogens with zero attached hydrogens (tertiary/aromatic N) is 4. The fourth-order valence-electron chi connectivity index (χ4n) is 3.06. The summed E-state index contributed by atoms with van der Waals surface area (Å²) in [6.45, 7) is 0.916. The number of azide groups is 1. The van der Waals surface area contributed by atoms with Crippen molar-refractivity contribution in [3.63, 3.8) is 0 Å². The smallest absolute Gasteiger partial charge is 0.472 e. The van der Waals surface area contributed by atoms with Gasteiger partial charge in [-0.05, 0) is 24.6 Å². The molecule has 0 bridgehead atoms. The van der Waals surface area contributed by atoms with Crippen LogP contribution < -0.4 is 16.0 Å². The van der Waals surface area contributed by atoms with Gasteiger partial charge >= 0.3 is 13.5 Å². The Labute approximate surface area is 181 Å². The number of aromatic amines is 1. The van der Waals surface area contributed by atoms with Crippen LogP contribution in [0.15, 0.2) is 51.2 Å². The van der Waals surface area contributed by atoms with Gasteiger partial charge in [0.25, 0.3) is 5.56 Å². The van der Waals surface area contributed by atoms with Gasteiger partial charge in [-0.2, -0.15) is 0 Å². The predicted molar refractivity (Wildman–Crippen MR) is 111 cm³/mol. The van der Waals surface area contributed by atoms with E-state index in [1.54, 1.807) is 24.3 Å². The van der Waals surface area contributed by atoms with Gasteiger partial charge in [0.15, 0.2) is 0 Å². The third-order valence-corrected chi connectivity index (χ3v) is 5.60. The molecular weight excluding hydrogens is 445 g/mol. The minimum Gasteiger partial charge on any atom is -0.491 e. The van der Waals surface area contributed by atoms with Crippen LogP contribution in [-0.4, -0.2) is 46.4 Å². The molecule has 1 aliphatic rings. The van der Waals surface area contributed by atoms with Gasteiger partial charge in [-0.1, -0.05) is 23.3 Å². The van der Waals surface area contributed by atoms with Gasteiger partial charge in [-0.3, -0.25) is 23.4 Å². The molecule has 1 fully saturated rings. The molecule has 0 spiro atoms. The Kier molecular flexibility index (Phi) is 7.86. The van der Waals surface area contributed by atoms with Crippen LogP contribution in [0.3, 0.4) is 0 Å². The quantitative estimate of drug-likeness (QED) is 0.175. The van der Waals surface area contributed by atoms with E-state index in [0.717, 1.165) is 4.57 Å². The van der Waals surface area contributed by atoms with Crippen molar-refractivity contribution >= 4 is 7.82 Å². The number of nitrogens with one attached hydrogen (secondary N) is 1. The van der Waals surface area contributed by atoms with E-state index < -0.39 is 44.1 Å². The summed E-state index contributed by atoms with van der Waals surface area (Å²) in [5, 5.41) is 3.62. The van der Waals surface area contributed by atoms with Gasteiger partial charge in [-0.15, -0.1) is 0 Å². The Hall–Kier alpha value is -2.92. The molecular formula is C18H22N5O8P. The summed E-state index contributed by atoms with van der Waals surface area (Å²) in [5.41, 5.74) is 7.88. The molecule has 1 aromatic carbocycles. The van der Waals surface area contributed by atoms with E-state index in [9.17, 15) is 19.0 Å². The first-order valence-electron chi connectivity index (χ1n) is 9.60. The molecule has 0 aliphatic carbocycles. The minimum absolute atomic E-state index is 0.0236. The van der Waals surface area contributed by atoms with Crippen molar-refractivity contribution in [1.29, 1.82) is 0 Å². The maximum atomic E-state index is 12.1. The molecule has 0 amide bonds. The van der Waals surface area contributed by atoms with Gasteiger partial charge in [0.1, 0.15) is 18.6 Å². The lowest BCUT2D eigenvalue weighted by atomic mass is 10.1. The van der Waals surface area contributed by atoms with Crippen molar-refractivity contribution in [1.82, 2.24) is 9.55 Å². The third kappa shape index (κ3) is 6.30. The van der Waals surface area contributed by atoms with Crippen molar-refractivity contribution in [2.24, 2.45) is 5.11 Å². The van der Waals surface area contributed by atoms with E-state index in [2.05, 4.69) is 15.0 Å². The second kappa shape index (κ2) is 10.6. The Bertz CT molecular complexity index is 1130. The second-order valence-corrected chi connectivity index (χ2v) is 8.33. The highest BCUT2D eigenvalue weighted by molar-refractivity contribution is 7.47. The number of aromatic nitrogens is 2. The summed E-state index contributed by atoms with van der Waals surface area (Å²) in [6, 6.07) is 8.08. The summed E-state index contributed by atoms with van der Waals surface area (Å²) in [7, 11) is -4.44. The fourth-order valence-corrected chi connectivity index (χ4v) is 3.77. The Morgan fingerprint density at radius 1 is 1.31 bits per heavy atom. The van der Waals surface area contributed by atoms with Crippen LogP contribution in [0, 0.1) is 6.92 Å². The lowest BCUT2D eigenvalue weighted by Crippen LogP contribution is -2.33. The van der Waals surface area contributed by atoms with E-state index in [0.29, 0.717) is 11.3 Å². The van der Waals surface area contributed by atoms with Crippen molar-refractivity contribution in [3.05, 3.63) is 73.4 Å². The van der Waals surface area contributed by atoms with Crippen LogP contribution in [0.25, 0.3) is 10.4 Å². The number of rotatable bonds is 10. The maximum Gasteiger partial charge on any atom is 0.472 e.